The van der Waals surface area contributed by atoms with Gasteiger partial charge in [0.1, 0.15) is 11.5 Å². The number of rotatable bonds is 6. The van der Waals surface area contributed by atoms with Gasteiger partial charge in [-0.1, -0.05) is 0 Å². The zero-order chi connectivity index (χ0) is 17.8. The number of aliphatic hydroxyl groups is 1. The normalized spacial score (nSPS) is 26.1. The van der Waals surface area contributed by atoms with Gasteiger partial charge in [-0.05, 0) is 25.0 Å². The Hall–Kier alpha value is -1.83. The standard InChI is InChI=1S/C18H26N2O5/c1-23-16-5-12(6-17(8-16)24-2)18(22)19-13-7-14-11-25-15(3-4-21)10-20(14)9-13/h5-6,8,13-15,21H,3-4,7,9-11H2,1-2H3,(H,19,22)/t13-,14-,15-/m0/s1. The molecule has 0 spiro atoms. The van der Waals surface area contributed by atoms with Gasteiger partial charge in [0.25, 0.3) is 5.91 Å². The minimum atomic E-state index is -0.130. The van der Waals surface area contributed by atoms with Gasteiger partial charge in [-0.2, -0.15) is 0 Å². The third-order valence-electron chi connectivity index (χ3n) is 4.89. The summed E-state index contributed by atoms with van der Waals surface area (Å²) in [6, 6.07) is 5.58. The molecule has 0 radical (unpaired) electrons. The monoisotopic (exact) mass is 350 g/mol. The second-order valence-electron chi connectivity index (χ2n) is 6.58. The fourth-order valence-corrected chi connectivity index (χ4v) is 3.57. The summed E-state index contributed by atoms with van der Waals surface area (Å²) in [7, 11) is 3.13. The van der Waals surface area contributed by atoms with Gasteiger partial charge >= 0.3 is 0 Å². The highest BCUT2D eigenvalue weighted by Crippen LogP contribution is 2.26. The van der Waals surface area contributed by atoms with E-state index in [1.54, 1.807) is 32.4 Å². The molecule has 3 rings (SSSR count). The van der Waals surface area contributed by atoms with Crippen LogP contribution in [-0.4, -0.2) is 74.6 Å². The molecule has 1 amide bonds. The fourth-order valence-electron chi connectivity index (χ4n) is 3.57. The van der Waals surface area contributed by atoms with Crippen molar-refractivity contribution >= 4 is 5.91 Å². The number of nitrogens with zero attached hydrogens (tertiary/aromatic N) is 1. The van der Waals surface area contributed by atoms with E-state index in [1.807, 2.05) is 0 Å². The number of carbonyl (C=O) groups is 1. The minimum Gasteiger partial charge on any atom is -0.497 e. The average molecular weight is 350 g/mol. The van der Waals surface area contributed by atoms with E-state index in [0.29, 0.717) is 36.1 Å². The molecule has 2 aliphatic heterocycles. The van der Waals surface area contributed by atoms with Gasteiger partial charge < -0.3 is 24.6 Å². The maximum Gasteiger partial charge on any atom is 0.251 e. The highest BCUT2D eigenvalue weighted by Gasteiger charge is 2.37. The first-order chi connectivity index (χ1) is 12.1. The van der Waals surface area contributed by atoms with Crippen molar-refractivity contribution in [1.29, 1.82) is 0 Å². The summed E-state index contributed by atoms with van der Waals surface area (Å²) in [5.74, 6) is 1.05. The van der Waals surface area contributed by atoms with Crippen LogP contribution in [0.1, 0.15) is 23.2 Å². The maximum atomic E-state index is 12.6. The molecule has 1 aromatic carbocycles. The smallest absolute Gasteiger partial charge is 0.251 e. The molecular weight excluding hydrogens is 324 g/mol. The first kappa shape index (κ1) is 18.0. The van der Waals surface area contributed by atoms with Gasteiger partial charge in [0.05, 0.1) is 26.9 Å². The summed E-state index contributed by atoms with van der Waals surface area (Å²) in [5.41, 5.74) is 0.524. The van der Waals surface area contributed by atoms with Crippen LogP contribution in [0.4, 0.5) is 0 Å². The van der Waals surface area contributed by atoms with Crippen molar-refractivity contribution in [1.82, 2.24) is 10.2 Å². The quantitative estimate of drug-likeness (QED) is 0.785. The van der Waals surface area contributed by atoms with Crippen molar-refractivity contribution in [3.05, 3.63) is 23.8 Å². The number of aliphatic hydroxyl groups excluding tert-OH is 1. The summed E-state index contributed by atoms with van der Waals surface area (Å²) in [5, 5.41) is 12.2. The number of ether oxygens (including phenoxy) is 3. The van der Waals surface area contributed by atoms with Crippen molar-refractivity contribution in [2.24, 2.45) is 0 Å². The molecule has 1 aromatic rings. The fraction of sp³-hybridized carbons (Fsp3) is 0.611. The van der Waals surface area contributed by atoms with Crippen LogP contribution in [-0.2, 0) is 4.74 Å². The van der Waals surface area contributed by atoms with Crippen LogP contribution in [0.3, 0.4) is 0 Å². The molecule has 2 saturated heterocycles. The van der Waals surface area contributed by atoms with Crippen LogP contribution in [0.15, 0.2) is 18.2 Å². The lowest BCUT2D eigenvalue weighted by Gasteiger charge is -2.34. The maximum absolute atomic E-state index is 12.6. The van der Waals surface area contributed by atoms with Crippen LogP contribution in [0.25, 0.3) is 0 Å². The van der Waals surface area contributed by atoms with Gasteiger partial charge in [-0.3, -0.25) is 9.69 Å². The molecule has 2 fully saturated rings. The Bertz CT molecular complexity index is 587. The van der Waals surface area contributed by atoms with E-state index < -0.39 is 0 Å². The lowest BCUT2D eigenvalue weighted by atomic mass is 10.1. The summed E-state index contributed by atoms with van der Waals surface area (Å²) < 4.78 is 16.2. The van der Waals surface area contributed by atoms with Crippen molar-refractivity contribution in [2.45, 2.75) is 31.0 Å². The second-order valence-corrected chi connectivity index (χ2v) is 6.58. The Morgan fingerprint density at radius 3 is 2.64 bits per heavy atom. The van der Waals surface area contributed by atoms with E-state index in [9.17, 15) is 4.79 Å². The molecule has 0 saturated carbocycles. The van der Waals surface area contributed by atoms with Gasteiger partial charge in [0.15, 0.2) is 0 Å². The van der Waals surface area contributed by atoms with Crippen LogP contribution in [0, 0.1) is 0 Å². The van der Waals surface area contributed by atoms with Crippen molar-refractivity contribution in [3.8, 4) is 11.5 Å². The molecule has 7 heteroatoms. The summed E-state index contributed by atoms with van der Waals surface area (Å²) >= 11 is 0. The van der Waals surface area contributed by atoms with E-state index in [-0.39, 0.29) is 24.7 Å². The highest BCUT2D eigenvalue weighted by atomic mass is 16.5. The molecule has 0 aliphatic carbocycles. The lowest BCUT2D eigenvalue weighted by Crippen LogP contribution is -2.46. The second kappa shape index (κ2) is 8.03. The molecule has 0 aromatic heterocycles. The Kier molecular flexibility index (Phi) is 5.78. The van der Waals surface area contributed by atoms with E-state index >= 15 is 0 Å². The number of fused-ring (bicyclic) bond motifs is 1. The number of morpholine rings is 1. The molecule has 0 bridgehead atoms. The number of amides is 1. The molecule has 2 heterocycles. The molecule has 2 aliphatic rings. The predicted octanol–water partition coefficient (Wildman–Crippen LogP) is 0.658. The first-order valence-corrected chi connectivity index (χ1v) is 8.63. The van der Waals surface area contributed by atoms with E-state index in [1.165, 1.54) is 0 Å². The third-order valence-corrected chi connectivity index (χ3v) is 4.89. The number of benzene rings is 1. The largest absolute Gasteiger partial charge is 0.497 e. The third kappa shape index (κ3) is 4.23. The van der Waals surface area contributed by atoms with Crippen LogP contribution in [0.2, 0.25) is 0 Å². The predicted molar refractivity (Wildman–Crippen MR) is 92.2 cm³/mol. The number of hydrogen-bond acceptors (Lipinski definition) is 6. The van der Waals surface area contributed by atoms with Gasteiger partial charge in [0, 0.05) is 43.4 Å². The van der Waals surface area contributed by atoms with E-state index in [0.717, 1.165) is 19.5 Å². The number of hydrogen-bond donors (Lipinski definition) is 2. The number of nitrogens with one attached hydrogen (secondary N) is 1. The van der Waals surface area contributed by atoms with Gasteiger partial charge in [-0.15, -0.1) is 0 Å². The Balaban J connectivity index is 1.61. The molecule has 3 atom stereocenters. The van der Waals surface area contributed by atoms with E-state index in [2.05, 4.69) is 10.2 Å². The Labute approximate surface area is 147 Å². The van der Waals surface area contributed by atoms with Crippen LogP contribution in [0.5, 0.6) is 11.5 Å². The van der Waals surface area contributed by atoms with E-state index in [4.69, 9.17) is 19.3 Å². The zero-order valence-electron chi connectivity index (χ0n) is 14.7. The van der Waals surface area contributed by atoms with Gasteiger partial charge in [0.2, 0.25) is 0 Å². The number of methoxy groups -OCH3 is 2. The summed E-state index contributed by atoms with van der Waals surface area (Å²) in [6.07, 6.45) is 1.61. The first-order valence-electron chi connectivity index (χ1n) is 8.63. The van der Waals surface area contributed by atoms with Crippen molar-refractivity contribution in [3.63, 3.8) is 0 Å². The minimum absolute atomic E-state index is 0.0818. The molecular formula is C18H26N2O5. The SMILES string of the molecule is COc1cc(OC)cc(C(=O)N[C@H]2C[C@H]3CO[C@@H](CCO)CN3C2)c1. The number of carbonyl (C=O) groups excluding carboxylic acids is 1. The summed E-state index contributed by atoms with van der Waals surface area (Å²) in [6.45, 7) is 2.42. The molecule has 2 N–H and O–H groups in total. The van der Waals surface area contributed by atoms with Crippen LogP contribution >= 0.6 is 0 Å². The van der Waals surface area contributed by atoms with Crippen molar-refractivity contribution < 1.29 is 24.1 Å². The average Bonchev–Trinajstić information content (AvgIpc) is 3.02. The summed E-state index contributed by atoms with van der Waals surface area (Å²) in [4.78, 5) is 15.0. The molecule has 0 unspecified atom stereocenters. The Morgan fingerprint density at radius 1 is 1.28 bits per heavy atom. The molecule has 7 nitrogen and oxygen atoms in total. The highest BCUT2D eigenvalue weighted by molar-refractivity contribution is 5.95. The molecule has 138 valence electrons. The van der Waals surface area contributed by atoms with Gasteiger partial charge in [-0.25, -0.2) is 0 Å². The lowest BCUT2D eigenvalue weighted by molar-refractivity contribution is -0.0566. The van der Waals surface area contributed by atoms with Crippen LogP contribution < -0.4 is 14.8 Å². The zero-order valence-corrected chi connectivity index (χ0v) is 14.7. The Morgan fingerprint density at radius 2 is 2.00 bits per heavy atom. The van der Waals surface area contributed by atoms with Crippen molar-refractivity contribution in [2.75, 3.05) is 40.5 Å². The topological polar surface area (TPSA) is 80.3 Å². The molecule has 25 heavy (non-hydrogen) atoms.